The maximum absolute atomic E-state index is 13.3. The number of carbonyl (C=O) groups is 1. The zero-order valence-electron chi connectivity index (χ0n) is 18.8. The molecule has 0 saturated heterocycles. The Labute approximate surface area is 202 Å². The fourth-order valence-electron chi connectivity index (χ4n) is 3.82. The smallest absolute Gasteiger partial charge is 0.392 e. The molecule has 0 amide bonds. The normalized spacial score (nSPS) is 11.7. The van der Waals surface area contributed by atoms with E-state index in [0.29, 0.717) is 39.8 Å². The number of aromatic nitrogens is 5. The summed E-state index contributed by atoms with van der Waals surface area (Å²) in [7, 11) is 1.78. The number of anilines is 2. The molecule has 0 radical (unpaired) electrons. The summed E-state index contributed by atoms with van der Waals surface area (Å²) in [6.07, 6.45) is -0.0891. The molecule has 0 bridgehead atoms. The van der Waals surface area contributed by atoms with Crippen molar-refractivity contribution in [3.05, 3.63) is 89.4 Å². The van der Waals surface area contributed by atoms with Crippen LogP contribution < -0.4 is 4.90 Å². The molecule has 0 atom stereocenters. The van der Waals surface area contributed by atoms with Crippen molar-refractivity contribution in [3.63, 3.8) is 0 Å². The summed E-state index contributed by atoms with van der Waals surface area (Å²) in [5, 5.41) is 9.37. The Kier molecular flexibility index (Phi) is 5.77. The van der Waals surface area contributed by atoms with Gasteiger partial charge in [-0.1, -0.05) is 18.2 Å². The minimum atomic E-state index is -4.64. The highest BCUT2D eigenvalue weighted by Crippen LogP contribution is 2.33. The quantitative estimate of drug-likeness (QED) is 0.292. The number of ketones is 1. The van der Waals surface area contributed by atoms with Crippen LogP contribution in [0.3, 0.4) is 0 Å². The van der Waals surface area contributed by atoms with Gasteiger partial charge in [0.1, 0.15) is 11.6 Å². The first-order valence-electron chi connectivity index (χ1n) is 10.8. The van der Waals surface area contributed by atoms with Crippen LogP contribution in [0.15, 0.2) is 67.1 Å². The van der Waals surface area contributed by atoms with Crippen LogP contribution in [0.2, 0.25) is 0 Å². The molecule has 5 aromatic rings. The number of hydrogen-bond acceptors (Lipinski definition) is 6. The highest BCUT2D eigenvalue weighted by Gasteiger charge is 2.35. The number of rotatable bonds is 6. The Morgan fingerprint density at radius 2 is 1.86 bits per heavy atom. The molecule has 0 unspecified atom stereocenters. The molecule has 8 nitrogen and oxygen atoms in total. The number of hydrogen-bond donors (Lipinski definition) is 3. The molecule has 0 aliphatic heterocycles. The number of fused-ring (bicyclic) bond motifs is 1. The van der Waals surface area contributed by atoms with Crippen LogP contribution in [0.25, 0.3) is 22.6 Å². The standard InChI is InChI=1S/C25H19F3N6O2/c1-34(21-8-14(13-35)6-7-29-21)22-10-18-20(12-31-22)33-24(32-18)19-9-15(11-30-19)23(36)16-4-2-3-5-17(16)25(26,27)28/h2-12,30,35H,13H2,1H3,(H,32,33). The highest BCUT2D eigenvalue weighted by molar-refractivity contribution is 6.10. The van der Waals surface area contributed by atoms with Crippen molar-refractivity contribution < 1.29 is 23.1 Å². The van der Waals surface area contributed by atoms with E-state index in [1.54, 1.807) is 42.5 Å². The van der Waals surface area contributed by atoms with E-state index in [4.69, 9.17) is 0 Å². The first-order chi connectivity index (χ1) is 17.2. The van der Waals surface area contributed by atoms with Crippen LogP contribution in [0, 0.1) is 0 Å². The van der Waals surface area contributed by atoms with Crippen LogP contribution >= 0.6 is 0 Å². The Bertz CT molecular complexity index is 1570. The second-order valence-corrected chi connectivity index (χ2v) is 8.06. The number of nitrogens with zero attached hydrogens (tertiary/aromatic N) is 4. The number of benzene rings is 1. The maximum atomic E-state index is 13.3. The minimum Gasteiger partial charge on any atom is -0.392 e. The Morgan fingerprint density at radius 1 is 1.08 bits per heavy atom. The predicted molar refractivity (Wildman–Crippen MR) is 127 cm³/mol. The van der Waals surface area contributed by atoms with Crippen LogP contribution in [0.1, 0.15) is 27.0 Å². The summed E-state index contributed by atoms with van der Waals surface area (Å²) in [5.74, 6) is 0.810. The van der Waals surface area contributed by atoms with Gasteiger partial charge in [0.05, 0.1) is 35.1 Å². The molecule has 0 spiro atoms. The van der Waals surface area contributed by atoms with Gasteiger partial charge in [-0.15, -0.1) is 0 Å². The molecular weight excluding hydrogens is 473 g/mol. The van der Waals surface area contributed by atoms with Crippen molar-refractivity contribution in [1.29, 1.82) is 0 Å². The first-order valence-corrected chi connectivity index (χ1v) is 10.8. The minimum absolute atomic E-state index is 0.0792. The largest absolute Gasteiger partial charge is 0.417 e. The molecule has 1 aromatic carbocycles. The highest BCUT2D eigenvalue weighted by atomic mass is 19.4. The third kappa shape index (κ3) is 4.31. The third-order valence-corrected chi connectivity index (χ3v) is 5.71. The number of aromatic amines is 2. The van der Waals surface area contributed by atoms with E-state index in [0.717, 1.165) is 12.1 Å². The number of aliphatic hydroxyl groups excluding tert-OH is 1. The molecule has 4 aromatic heterocycles. The van der Waals surface area contributed by atoms with E-state index < -0.39 is 23.1 Å². The average Bonchev–Trinajstić information content (AvgIpc) is 3.54. The summed E-state index contributed by atoms with van der Waals surface area (Å²) in [6.45, 7) is -0.110. The van der Waals surface area contributed by atoms with Crippen molar-refractivity contribution in [2.45, 2.75) is 12.8 Å². The van der Waals surface area contributed by atoms with Gasteiger partial charge in [0, 0.05) is 36.6 Å². The lowest BCUT2D eigenvalue weighted by Crippen LogP contribution is -2.13. The van der Waals surface area contributed by atoms with Crippen molar-refractivity contribution in [2.75, 3.05) is 11.9 Å². The van der Waals surface area contributed by atoms with Gasteiger partial charge < -0.3 is 20.0 Å². The summed E-state index contributed by atoms with van der Waals surface area (Å²) in [4.78, 5) is 33.9. The van der Waals surface area contributed by atoms with Gasteiger partial charge in [0.15, 0.2) is 11.6 Å². The SMILES string of the molecule is CN(c1cc(CO)ccn1)c1cc2nc(-c3cc(C(=O)c4ccccc4C(F)(F)F)c[nH]3)[nH]c2cn1. The van der Waals surface area contributed by atoms with Gasteiger partial charge in [0.25, 0.3) is 0 Å². The predicted octanol–water partition coefficient (Wildman–Crippen LogP) is 4.86. The molecule has 0 fully saturated rings. The van der Waals surface area contributed by atoms with Gasteiger partial charge in [-0.3, -0.25) is 4.79 Å². The number of halogens is 3. The lowest BCUT2D eigenvalue weighted by atomic mass is 9.99. The third-order valence-electron chi connectivity index (χ3n) is 5.71. The van der Waals surface area contributed by atoms with Crippen molar-refractivity contribution >= 4 is 28.5 Å². The van der Waals surface area contributed by atoms with Crippen molar-refractivity contribution in [3.8, 4) is 11.5 Å². The monoisotopic (exact) mass is 492 g/mol. The van der Waals surface area contributed by atoms with Crippen molar-refractivity contribution in [1.82, 2.24) is 24.9 Å². The van der Waals surface area contributed by atoms with E-state index >= 15 is 0 Å². The second kappa shape index (κ2) is 8.93. The van der Waals surface area contributed by atoms with Crippen LogP contribution in [-0.4, -0.2) is 42.9 Å². The Hall–Kier alpha value is -4.51. The maximum Gasteiger partial charge on any atom is 0.417 e. The fourth-order valence-corrected chi connectivity index (χ4v) is 3.82. The van der Waals surface area contributed by atoms with E-state index in [1.807, 2.05) is 0 Å². The molecule has 5 rings (SSSR count). The summed E-state index contributed by atoms with van der Waals surface area (Å²) >= 11 is 0. The van der Waals surface area contributed by atoms with Gasteiger partial charge in [-0.25, -0.2) is 15.0 Å². The van der Waals surface area contributed by atoms with Crippen LogP contribution in [-0.2, 0) is 12.8 Å². The molecule has 0 aliphatic carbocycles. The van der Waals surface area contributed by atoms with E-state index in [9.17, 15) is 23.1 Å². The zero-order valence-corrected chi connectivity index (χ0v) is 18.8. The lowest BCUT2D eigenvalue weighted by Gasteiger charge is -2.17. The van der Waals surface area contributed by atoms with Gasteiger partial charge >= 0.3 is 6.18 Å². The fraction of sp³-hybridized carbons (Fsp3) is 0.120. The molecular formula is C25H19F3N6O2. The van der Waals surface area contributed by atoms with E-state index in [-0.39, 0.29) is 12.2 Å². The summed E-state index contributed by atoms with van der Waals surface area (Å²) in [5.41, 5.74) is 1.04. The van der Waals surface area contributed by atoms with E-state index in [2.05, 4.69) is 24.9 Å². The Balaban J connectivity index is 1.44. The zero-order chi connectivity index (χ0) is 25.4. The first kappa shape index (κ1) is 23.2. The van der Waals surface area contributed by atoms with Crippen molar-refractivity contribution in [2.24, 2.45) is 0 Å². The molecule has 11 heteroatoms. The molecule has 36 heavy (non-hydrogen) atoms. The molecule has 4 heterocycles. The summed E-state index contributed by atoms with van der Waals surface area (Å²) < 4.78 is 40.0. The summed E-state index contributed by atoms with van der Waals surface area (Å²) in [6, 6.07) is 11.4. The molecule has 0 aliphatic rings. The number of carbonyl (C=O) groups excluding carboxylic acids is 1. The number of alkyl halides is 3. The van der Waals surface area contributed by atoms with Gasteiger partial charge in [-0.05, 0) is 29.8 Å². The lowest BCUT2D eigenvalue weighted by molar-refractivity contribution is -0.137. The second-order valence-electron chi connectivity index (χ2n) is 8.06. The van der Waals surface area contributed by atoms with Crippen LogP contribution in [0.4, 0.5) is 24.8 Å². The molecule has 3 N–H and O–H groups in total. The number of imidazole rings is 1. The number of aliphatic hydroxyl groups is 1. The molecule has 182 valence electrons. The topological polar surface area (TPSA) is 111 Å². The van der Waals surface area contributed by atoms with Gasteiger partial charge in [-0.2, -0.15) is 13.2 Å². The van der Waals surface area contributed by atoms with Crippen LogP contribution in [0.5, 0.6) is 0 Å². The number of nitrogens with one attached hydrogen (secondary N) is 2. The molecule has 0 saturated carbocycles. The van der Waals surface area contributed by atoms with E-state index in [1.165, 1.54) is 24.4 Å². The number of pyridine rings is 2. The number of H-pyrrole nitrogens is 2. The Morgan fingerprint density at radius 3 is 2.64 bits per heavy atom. The average molecular weight is 492 g/mol. The van der Waals surface area contributed by atoms with Gasteiger partial charge in [0.2, 0.25) is 0 Å².